The molecular formula is C51H35N5. The van der Waals surface area contributed by atoms with E-state index in [0.29, 0.717) is 17.5 Å². The molecule has 0 saturated carbocycles. The Morgan fingerprint density at radius 2 is 0.696 bits per heavy atom. The molecule has 3 aromatic heterocycles. The quantitative estimate of drug-likeness (QED) is 0.164. The molecule has 264 valence electrons. The molecule has 0 radical (unpaired) electrons. The summed E-state index contributed by atoms with van der Waals surface area (Å²) in [5.41, 5.74) is 16.0. The van der Waals surface area contributed by atoms with Gasteiger partial charge in [0.15, 0.2) is 17.5 Å². The lowest BCUT2D eigenvalue weighted by Gasteiger charge is -2.23. The average molecular weight is 718 g/mol. The Morgan fingerprint density at radius 1 is 0.286 bits per heavy atom. The monoisotopic (exact) mass is 717 g/mol. The molecule has 6 aromatic carbocycles. The number of nitrogens with zero attached hydrogens (tertiary/aromatic N) is 5. The van der Waals surface area contributed by atoms with Crippen LogP contribution in [0.15, 0.2) is 188 Å². The molecule has 0 saturated heterocycles. The van der Waals surface area contributed by atoms with E-state index >= 15 is 0 Å². The van der Waals surface area contributed by atoms with Gasteiger partial charge in [0.25, 0.3) is 0 Å². The molecule has 5 heteroatoms. The van der Waals surface area contributed by atoms with E-state index in [1.54, 1.807) is 0 Å². The lowest BCUT2D eigenvalue weighted by atomic mass is 9.86. The molecule has 10 rings (SSSR count). The van der Waals surface area contributed by atoms with Gasteiger partial charge in [-0.3, -0.25) is 0 Å². The Morgan fingerprint density at radius 3 is 1.23 bits per heavy atom. The van der Waals surface area contributed by atoms with Crippen molar-refractivity contribution in [2.75, 3.05) is 0 Å². The van der Waals surface area contributed by atoms with E-state index in [1.807, 2.05) is 66.7 Å². The first-order valence-electron chi connectivity index (χ1n) is 19.0. The van der Waals surface area contributed by atoms with Crippen LogP contribution in [0.1, 0.15) is 11.1 Å². The maximum Gasteiger partial charge on any atom is 0.164 e. The molecule has 3 heterocycles. The number of hydrogen-bond donors (Lipinski definition) is 0. The van der Waals surface area contributed by atoms with Crippen LogP contribution in [0.3, 0.4) is 0 Å². The molecule has 0 atom stereocenters. The first kappa shape index (κ1) is 33.2. The van der Waals surface area contributed by atoms with Crippen LogP contribution >= 0.6 is 0 Å². The Hall–Kier alpha value is -7.37. The Labute approximate surface area is 326 Å². The van der Waals surface area contributed by atoms with Crippen LogP contribution in [-0.4, -0.2) is 24.9 Å². The van der Waals surface area contributed by atoms with Gasteiger partial charge in [-0.2, -0.15) is 0 Å². The van der Waals surface area contributed by atoms with Crippen molar-refractivity contribution in [2.45, 2.75) is 12.8 Å². The summed E-state index contributed by atoms with van der Waals surface area (Å²) in [6, 6.07) is 65.0. The lowest BCUT2D eigenvalue weighted by Crippen LogP contribution is -2.10. The molecule has 1 aliphatic carbocycles. The largest absolute Gasteiger partial charge is 0.246 e. The van der Waals surface area contributed by atoms with Crippen molar-refractivity contribution in [2.24, 2.45) is 0 Å². The molecule has 0 N–H and O–H groups in total. The molecule has 56 heavy (non-hydrogen) atoms. The maximum atomic E-state index is 5.37. The summed E-state index contributed by atoms with van der Waals surface area (Å²) in [5, 5.41) is 0. The van der Waals surface area contributed by atoms with Crippen molar-refractivity contribution in [3.63, 3.8) is 0 Å². The lowest BCUT2D eigenvalue weighted by molar-refractivity contribution is 0.916. The van der Waals surface area contributed by atoms with Crippen LogP contribution in [0.4, 0.5) is 0 Å². The maximum absolute atomic E-state index is 5.37. The van der Waals surface area contributed by atoms with Gasteiger partial charge in [-0.1, -0.05) is 176 Å². The van der Waals surface area contributed by atoms with Crippen LogP contribution in [0.25, 0.3) is 90.3 Å². The van der Waals surface area contributed by atoms with Gasteiger partial charge in [0.1, 0.15) is 0 Å². The van der Waals surface area contributed by atoms with Crippen molar-refractivity contribution >= 4 is 0 Å². The van der Waals surface area contributed by atoms with Crippen LogP contribution in [0.2, 0.25) is 0 Å². The SMILES string of the molecule is c1ccc(-c2ccc3c(n2)-c2nc(-c4ccc(-c5ccc(-c6nc(-c7ccccc7)nc(-c7ccccc7)n6)cc5)cc4)cc(-c4ccccc4)c2CC3)cc1. The summed E-state index contributed by atoms with van der Waals surface area (Å²) in [7, 11) is 0. The zero-order valence-electron chi connectivity index (χ0n) is 30.5. The summed E-state index contributed by atoms with van der Waals surface area (Å²) in [5.74, 6) is 1.94. The number of hydrogen-bond acceptors (Lipinski definition) is 5. The van der Waals surface area contributed by atoms with Crippen molar-refractivity contribution < 1.29 is 0 Å². The van der Waals surface area contributed by atoms with Crippen LogP contribution in [0, 0.1) is 0 Å². The molecule has 0 spiro atoms. The number of fused-ring (bicyclic) bond motifs is 3. The minimum Gasteiger partial charge on any atom is -0.246 e. The summed E-state index contributed by atoms with van der Waals surface area (Å²) >= 11 is 0. The fourth-order valence-electron chi connectivity index (χ4n) is 7.55. The zero-order valence-corrected chi connectivity index (χ0v) is 30.5. The van der Waals surface area contributed by atoms with Crippen molar-refractivity contribution in [1.82, 2.24) is 24.9 Å². The van der Waals surface area contributed by atoms with Gasteiger partial charge in [-0.05, 0) is 58.4 Å². The summed E-state index contributed by atoms with van der Waals surface area (Å²) < 4.78 is 0. The van der Waals surface area contributed by atoms with Gasteiger partial charge in [-0.15, -0.1) is 0 Å². The van der Waals surface area contributed by atoms with Gasteiger partial charge in [0.05, 0.1) is 22.8 Å². The average Bonchev–Trinajstić information content (AvgIpc) is 3.29. The van der Waals surface area contributed by atoms with Crippen molar-refractivity contribution in [1.29, 1.82) is 0 Å². The third-order valence-electron chi connectivity index (χ3n) is 10.5. The topological polar surface area (TPSA) is 64.5 Å². The summed E-state index contributed by atoms with van der Waals surface area (Å²) in [4.78, 5) is 25.3. The minimum absolute atomic E-state index is 0.638. The molecule has 1 aliphatic rings. The molecule has 5 nitrogen and oxygen atoms in total. The molecule has 0 amide bonds. The second-order valence-corrected chi connectivity index (χ2v) is 14.0. The highest BCUT2D eigenvalue weighted by Crippen LogP contribution is 2.40. The van der Waals surface area contributed by atoms with Crippen LogP contribution in [0.5, 0.6) is 0 Å². The Balaban J connectivity index is 0.997. The van der Waals surface area contributed by atoms with E-state index in [-0.39, 0.29) is 0 Å². The number of pyridine rings is 2. The van der Waals surface area contributed by atoms with Gasteiger partial charge in [0.2, 0.25) is 0 Å². The number of aryl methyl sites for hydroxylation is 1. The Bertz CT molecular complexity index is 2750. The van der Waals surface area contributed by atoms with Gasteiger partial charge < -0.3 is 0 Å². The Kier molecular flexibility index (Phi) is 8.58. The predicted octanol–water partition coefficient (Wildman–Crippen LogP) is 12.1. The normalized spacial score (nSPS) is 11.8. The fraction of sp³-hybridized carbons (Fsp3) is 0.0392. The third kappa shape index (κ3) is 6.46. The van der Waals surface area contributed by atoms with E-state index in [9.17, 15) is 0 Å². The first-order chi connectivity index (χ1) is 27.7. The smallest absolute Gasteiger partial charge is 0.164 e. The molecule has 0 fully saturated rings. The van der Waals surface area contributed by atoms with E-state index in [1.165, 1.54) is 22.3 Å². The van der Waals surface area contributed by atoms with Crippen LogP contribution in [-0.2, 0) is 12.8 Å². The second-order valence-electron chi connectivity index (χ2n) is 14.0. The highest BCUT2D eigenvalue weighted by Gasteiger charge is 2.24. The van der Waals surface area contributed by atoms with Crippen LogP contribution < -0.4 is 0 Å². The molecule has 0 unspecified atom stereocenters. The molecule has 9 aromatic rings. The molecule has 0 aliphatic heterocycles. The zero-order chi connectivity index (χ0) is 37.3. The fourth-order valence-corrected chi connectivity index (χ4v) is 7.55. The predicted molar refractivity (Wildman–Crippen MR) is 226 cm³/mol. The van der Waals surface area contributed by atoms with E-state index in [0.717, 1.165) is 74.6 Å². The molecule has 0 bridgehead atoms. The molecular weight excluding hydrogens is 683 g/mol. The highest BCUT2D eigenvalue weighted by atomic mass is 15.0. The number of rotatable bonds is 7. The summed E-state index contributed by atoms with van der Waals surface area (Å²) in [6.07, 6.45) is 1.86. The van der Waals surface area contributed by atoms with E-state index in [4.69, 9.17) is 24.9 Å². The second kappa shape index (κ2) is 14.5. The van der Waals surface area contributed by atoms with E-state index < -0.39 is 0 Å². The van der Waals surface area contributed by atoms with Crippen molar-refractivity contribution in [3.8, 4) is 90.3 Å². The van der Waals surface area contributed by atoms with Gasteiger partial charge in [-0.25, -0.2) is 24.9 Å². The standard InChI is InChI=1S/C51H35N5/c1-5-13-36(14-6-1)44-33-46(53-48-43(44)31-29-39-30-32-45(52-47(39)48)37-15-7-2-8-16-37)38-25-21-34(22-26-38)35-23-27-42(28-24-35)51-55-49(40-17-9-3-10-18-40)54-50(56-51)41-19-11-4-12-20-41/h1-28,30,32-33H,29,31H2. The third-order valence-corrected chi connectivity index (χ3v) is 10.5. The minimum atomic E-state index is 0.638. The first-order valence-corrected chi connectivity index (χ1v) is 19.0. The number of benzene rings is 6. The van der Waals surface area contributed by atoms with E-state index in [2.05, 4.69) is 121 Å². The van der Waals surface area contributed by atoms with Gasteiger partial charge >= 0.3 is 0 Å². The number of aromatic nitrogens is 5. The summed E-state index contributed by atoms with van der Waals surface area (Å²) in [6.45, 7) is 0. The van der Waals surface area contributed by atoms with Crippen molar-refractivity contribution in [3.05, 3.63) is 199 Å². The highest BCUT2D eigenvalue weighted by molar-refractivity contribution is 5.83. The van der Waals surface area contributed by atoms with Gasteiger partial charge in [0, 0.05) is 27.8 Å².